The molecule has 0 unspecified atom stereocenters. The van der Waals surface area contributed by atoms with Crippen molar-refractivity contribution in [3.63, 3.8) is 0 Å². The van der Waals surface area contributed by atoms with Crippen LogP contribution in [0.25, 0.3) is 0 Å². The molecule has 3 rings (SSSR count). The van der Waals surface area contributed by atoms with E-state index in [9.17, 15) is 4.79 Å². The first-order valence-electron chi connectivity index (χ1n) is 8.58. The Kier molecular flexibility index (Phi) is 5.99. The normalized spacial score (nSPS) is 15.9. The van der Waals surface area contributed by atoms with Crippen LogP contribution in [0.1, 0.15) is 33.2 Å². The van der Waals surface area contributed by atoms with E-state index in [-0.39, 0.29) is 5.91 Å². The summed E-state index contributed by atoms with van der Waals surface area (Å²) in [5.41, 5.74) is 0.592. The smallest absolute Gasteiger partial charge is 0.255 e. The minimum atomic E-state index is -0.0655. The lowest BCUT2D eigenvalue weighted by atomic mass is 9.96. The van der Waals surface area contributed by atoms with Gasteiger partial charge in [0.2, 0.25) is 0 Å². The summed E-state index contributed by atoms with van der Waals surface area (Å²) in [6, 6.07) is 7.32. The largest absolute Gasteiger partial charge is 0.496 e. The summed E-state index contributed by atoms with van der Waals surface area (Å²) in [6.45, 7) is 5.65. The van der Waals surface area contributed by atoms with Crippen LogP contribution in [-0.4, -0.2) is 47.7 Å². The molecule has 0 aliphatic carbocycles. The van der Waals surface area contributed by atoms with E-state index in [0.29, 0.717) is 23.8 Å². The predicted molar refractivity (Wildman–Crippen MR) is 98.0 cm³/mol. The average molecular weight is 360 g/mol. The van der Waals surface area contributed by atoms with Crippen LogP contribution in [0, 0.1) is 12.8 Å². The SMILES string of the molecule is COc1ccccc1C(=O)NCC1CCN(Cc2nnc(C)s2)CC1. The van der Waals surface area contributed by atoms with Crippen LogP contribution in [0.5, 0.6) is 5.75 Å². The minimum Gasteiger partial charge on any atom is -0.496 e. The number of likely N-dealkylation sites (tertiary alicyclic amines) is 1. The van der Waals surface area contributed by atoms with E-state index in [1.807, 2.05) is 25.1 Å². The second-order valence-corrected chi connectivity index (χ2v) is 7.61. The fourth-order valence-electron chi connectivity index (χ4n) is 3.11. The van der Waals surface area contributed by atoms with Gasteiger partial charge in [0, 0.05) is 6.54 Å². The monoisotopic (exact) mass is 360 g/mol. The standard InChI is InChI=1S/C18H24N4O2S/c1-13-20-21-17(25-13)12-22-9-7-14(8-10-22)11-19-18(23)15-5-3-4-6-16(15)24-2/h3-6,14H,7-12H2,1-2H3,(H,19,23). The van der Waals surface area contributed by atoms with Crippen molar-refractivity contribution in [2.45, 2.75) is 26.3 Å². The van der Waals surface area contributed by atoms with Crippen LogP contribution in [0.15, 0.2) is 24.3 Å². The Morgan fingerprint density at radius 2 is 2.08 bits per heavy atom. The lowest BCUT2D eigenvalue weighted by molar-refractivity contribution is 0.0932. The number of carbonyl (C=O) groups excluding carboxylic acids is 1. The molecule has 1 aliphatic rings. The van der Waals surface area contributed by atoms with Crippen molar-refractivity contribution in [1.29, 1.82) is 0 Å². The summed E-state index contributed by atoms with van der Waals surface area (Å²) in [5.74, 6) is 1.07. The number of nitrogens with zero attached hydrogens (tertiary/aromatic N) is 3. The molecule has 0 atom stereocenters. The van der Waals surface area contributed by atoms with Crippen molar-refractivity contribution in [1.82, 2.24) is 20.4 Å². The first-order chi connectivity index (χ1) is 12.2. The molecule has 1 N–H and O–H groups in total. The molecule has 7 heteroatoms. The molecule has 134 valence electrons. The summed E-state index contributed by atoms with van der Waals surface area (Å²) in [4.78, 5) is 14.8. The molecule has 6 nitrogen and oxygen atoms in total. The Morgan fingerprint density at radius 1 is 1.32 bits per heavy atom. The molecule has 2 aromatic rings. The third-order valence-corrected chi connectivity index (χ3v) is 5.36. The van der Waals surface area contributed by atoms with E-state index in [0.717, 1.165) is 42.5 Å². The van der Waals surface area contributed by atoms with Gasteiger partial charge in [-0.05, 0) is 50.9 Å². The van der Waals surface area contributed by atoms with Gasteiger partial charge in [-0.1, -0.05) is 12.1 Å². The van der Waals surface area contributed by atoms with Gasteiger partial charge in [0.15, 0.2) is 0 Å². The maximum absolute atomic E-state index is 12.4. The summed E-state index contributed by atoms with van der Waals surface area (Å²) in [5, 5.41) is 13.4. The summed E-state index contributed by atoms with van der Waals surface area (Å²) in [6.07, 6.45) is 2.17. The molecular weight excluding hydrogens is 336 g/mol. The highest BCUT2D eigenvalue weighted by Gasteiger charge is 2.21. The number of piperidine rings is 1. The predicted octanol–water partition coefficient (Wildman–Crippen LogP) is 2.50. The van der Waals surface area contributed by atoms with Gasteiger partial charge < -0.3 is 10.1 Å². The number of carbonyl (C=O) groups is 1. The summed E-state index contributed by atoms with van der Waals surface area (Å²) in [7, 11) is 1.58. The lowest BCUT2D eigenvalue weighted by Gasteiger charge is -2.31. The molecule has 1 aromatic heterocycles. The molecule has 2 heterocycles. The second kappa shape index (κ2) is 8.40. The van der Waals surface area contributed by atoms with Gasteiger partial charge in [0.1, 0.15) is 15.8 Å². The van der Waals surface area contributed by atoms with Crippen LogP contribution in [0.3, 0.4) is 0 Å². The number of hydrogen-bond acceptors (Lipinski definition) is 6. The molecule has 0 spiro atoms. The summed E-state index contributed by atoms with van der Waals surface area (Å²) < 4.78 is 5.25. The molecule has 1 aliphatic heterocycles. The highest BCUT2D eigenvalue weighted by molar-refractivity contribution is 7.11. The topological polar surface area (TPSA) is 67.3 Å². The first kappa shape index (κ1) is 17.8. The quantitative estimate of drug-likeness (QED) is 0.857. The Hall–Kier alpha value is -1.99. The van der Waals surface area contributed by atoms with Crippen LogP contribution in [-0.2, 0) is 6.54 Å². The number of ether oxygens (including phenoxy) is 1. The van der Waals surface area contributed by atoms with Gasteiger partial charge in [0.25, 0.3) is 5.91 Å². The molecule has 1 fully saturated rings. The first-order valence-corrected chi connectivity index (χ1v) is 9.40. The van der Waals surface area contributed by atoms with E-state index >= 15 is 0 Å². The zero-order valence-electron chi connectivity index (χ0n) is 14.7. The zero-order valence-corrected chi connectivity index (χ0v) is 15.5. The Labute approximate surface area is 152 Å². The second-order valence-electron chi connectivity index (χ2n) is 6.34. The molecule has 1 amide bonds. The highest BCUT2D eigenvalue weighted by atomic mass is 32.1. The number of aromatic nitrogens is 2. The van der Waals surface area contributed by atoms with Gasteiger partial charge in [-0.3, -0.25) is 9.69 Å². The maximum atomic E-state index is 12.4. The molecule has 0 saturated carbocycles. The Bertz CT molecular complexity index is 711. The van der Waals surface area contributed by atoms with Gasteiger partial charge in [-0.25, -0.2) is 0 Å². The Balaban J connectivity index is 1.44. The highest BCUT2D eigenvalue weighted by Crippen LogP contribution is 2.21. The molecule has 25 heavy (non-hydrogen) atoms. The zero-order chi connectivity index (χ0) is 17.6. The minimum absolute atomic E-state index is 0.0655. The van der Waals surface area contributed by atoms with Crippen molar-refractivity contribution < 1.29 is 9.53 Å². The van der Waals surface area contributed by atoms with Crippen LogP contribution >= 0.6 is 11.3 Å². The number of aryl methyl sites for hydroxylation is 1. The molecule has 0 radical (unpaired) electrons. The van der Waals surface area contributed by atoms with Crippen molar-refractivity contribution in [2.24, 2.45) is 5.92 Å². The van der Waals surface area contributed by atoms with Crippen molar-refractivity contribution in [3.8, 4) is 5.75 Å². The molecular formula is C18H24N4O2S. The van der Waals surface area contributed by atoms with E-state index in [2.05, 4.69) is 20.4 Å². The average Bonchev–Trinajstić information content (AvgIpc) is 3.05. The Morgan fingerprint density at radius 3 is 2.76 bits per heavy atom. The number of benzene rings is 1. The van der Waals surface area contributed by atoms with Crippen LogP contribution in [0.2, 0.25) is 0 Å². The molecule has 0 bridgehead atoms. The number of amides is 1. The fraction of sp³-hybridized carbons (Fsp3) is 0.500. The van der Waals surface area contributed by atoms with Gasteiger partial charge in [0.05, 0.1) is 19.2 Å². The molecule has 1 aromatic carbocycles. The van der Waals surface area contributed by atoms with E-state index in [1.165, 1.54) is 0 Å². The maximum Gasteiger partial charge on any atom is 0.255 e. The van der Waals surface area contributed by atoms with Gasteiger partial charge in [-0.2, -0.15) is 0 Å². The fourth-order valence-corrected chi connectivity index (χ4v) is 3.86. The van der Waals surface area contributed by atoms with Crippen LogP contribution in [0.4, 0.5) is 0 Å². The third kappa shape index (κ3) is 4.76. The van der Waals surface area contributed by atoms with Crippen LogP contribution < -0.4 is 10.1 Å². The van der Waals surface area contributed by atoms with E-state index < -0.39 is 0 Å². The van der Waals surface area contributed by atoms with Gasteiger partial charge in [-0.15, -0.1) is 21.5 Å². The number of rotatable bonds is 6. The number of methoxy groups -OCH3 is 1. The van der Waals surface area contributed by atoms with Gasteiger partial charge >= 0.3 is 0 Å². The number of para-hydroxylation sites is 1. The number of nitrogens with one attached hydrogen (secondary N) is 1. The third-order valence-electron chi connectivity index (χ3n) is 4.54. The van der Waals surface area contributed by atoms with Crippen molar-refractivity contribution in [2.75, 3.05) is 26.7 Å². The van der Waals surface area contributed by atoms with E-state index in [4.69, 9.17) is 4.74 Å². The molecule has 1 saturated heterocycles. The number of hydrogen-bond donors (Lipinski definition) is 1. The van der Waals surface area contributed by atoms with E-state index in [1.54, 1.807) is 24.5 Å². The summed E-state index contributed by atoms with van der Waals surface area (Å²) >= 11 is 1.66. The lowest BCUT2D eigenvalue weighted by Crippen LogP contribution is -2.38. The van der Waals surface area contributed by atoms with Crippen molar-refractivity contribution >= 4 is 17.2 Å². The van der Waals surface area contributed by atoms with Crippen molar-refractivity contribution in [3.05, 3.63) is 39.8 Å².